The van der Waals surface area contributed by atoms with Crippen molar-refractivity contribution < 1.29 is 22.3 Å². The Morgan fingerprint density at radius 1 is 1.05 bits per heavy atom. The number of alkyl halides is 1. The molecule has 0 unspecified atom stereocenters. The Kier molecular flexibility index (Phi) is 7.72. The van der Waals surface area contributed by atoms with Gasteiger partial charge in [-0.05, 0) is 49.7 Å². The van der Waals surface area contributed by atoms with Crippen molar-refractivity contribution in [2.45, 2.75) is 52.1 Å². The molecule has 0 spiro atoms. The average molecular weight is 306 g/mol. The molecule has 0 amide bonds. The summed E-state index contributed by atoms with van der Waals surface area (Å²) in [4.78, 5) is 0. The third-order valence-corrected chi connectivity index (χ3v) is 3.76. The lowest BCUT2D eigenvalue weighted by Gasteiger charge is -2.24. The van der Waals surface area contributed by atoms with Crippen molar-refractivity contribution in [2.24, 2.45) is 5.92 Å². The lowest BCUT2D eigenvalue weighted by atomic mass is 9.89. The Bertz CT molecular complexity index is 429. The molecule has 0 N–H and O–H groups in total. The summed E-state index contributed by atoms with van der Waals surface area (Å²) < 4.78 is 53.9. The van der Waals surface area contributed by atoms with Gasteiger partial charge in [-0.25, -0.2) is 17.6 Å². The van der Waals surface area contributed by atoms with E-state index in [2.05, 4.69) is 6.92 Å². The Labute approximate surface area is 123 Å². The monoisotopic (exact) mass is 306 g/mol. The molecule has 0 bridgehead atoms. The molecule has 1 saturated carbocycles. The fraction of sp³-hybridized carbons (Fsp3) is 0.625. The first-order valence-electron chi connectivity index (χ1n) is 7.29. The third-order valence-electron chi connectivity index (χ3n) is 3.76. The molecule has 0 heterocycles. The van der Waals surface area contributed by atoms with Crippen LogP contribution in [0.15, 0.2) is 12.1 Å². The van der Waals surface area contributed by atoms with Crippen LogP contribution in [0.25, 0.3) is 0 Å². The first kappa shape index (κ1) is 18.0. The van der Waals surface area contributed by atoms with Gasteiger partial charge in [-0.3, -0.25) is 0 Å². The van der Waals surface area contributed by atoms with Gasteiger partial charge in [-0.1, -0.05) is 19.9 Å². The van der Waals surface area contributed by atoms with E-state index in [1.54, 1.807) is 6.92 Å². The number of aryl methyl sites for hydroxylation is 1. The second kappa shape index (κ2) is 9.03. The SMILES string of the molecule is CC1CCC(OCF)CC1.CCc1ccc(F)c(F)c1F. The van der Waals surface area contributed by atoms with E-state index in [0.717, 1.165) is 24.8 Å². The highest BCUT2D eigenvalue weighted by atomic mass is 19.2. The molecule has 5 heteroatoms. The molecule has 120 valence electrons. The first-order valence-corrected chi connectivity index (χ1v) is 7.29. The maximum absolute atomic E-state index is 12.6. The fourth-order valence-corrected chi connectivity index (χ4v) is 2.32. The fourth-order valence-electron chi connectivity index (χ4n) is 2.32. The summed E-state index contributed by atoms with van der Waals surface area (Å²) in [6.07, 6.45) is 5.07. The van der Waals surface area contributed by atoms with E-state index in [9.17, 15) is 17.6 Å². The average Bonchev–Trinajstić information content (AvgIpc) is 2.48. The Hall–Kier alpha value is -1.10. The molecule has 0 atom stereocenters. The van der Waals surface area contributed by atoms with Crippen LogP contribution in [0.2, 0.25) is 0 Å². The van der Waals surface area contributed by atoms with Gasteiger partial charge in [-0.15, -0.1) is 0 Å². The van der Waals surface area contributed by atoms with Gasteiger partial charge >= 0.3 is 0 Å². The number of hydrogen-bond donors (Lipinski definition) is 0. The van der Waals surface area contributed by atoms with Crippen molar-refractivity contribution in [3.05, 3.63) is 35.1 Å². The van der Waals surface area contributed by atoms with Crippen molar-refractivity contribution in [1.82, 2.24) is 0 Å². The second-order valence-corrected chi connectivity index (χ2v) is 5.35. The quantitative estimate of drug-likeness (QED) is 0.552. The lowest BCUT2D eigenvalue weighted by molar-refractivity contribution is -0.0274. The van der Waals surface area contributed by atoms with Crippen LogP contribution in [-0.2, 0) is 11.2 Å². The molecule has 21 heavy (non-hydrogen) atoms. The topological polar surface area (TPSA) is 9.23 Å². The van der Waals surface area contributed by atoms with Gasteiger partial charge in [0.05, 0.1) is 6.10 Å². The van der Waals surface area contributed by atoms with Gasteiger partial charge < -0.3 is 4.74 Å². The summed E-state index contributed by atoms with van der Waals surface area (Å²) in [6, 6.07) is 2.17. The van der Waals surface area contributed by atoms with Gasteiger partial charge in [-0.2, -0.15) is 0 Å². The van der Waals surface area contributed by atoms with Gasteiger partial charge in [0, 0.05) is 0 Å². The van der Waals surface area contributed by atoms with Gasteiger partial charge in [0.1, 0.15) is 0 Å². The number of rotatable bonds is 3. The zero-order valence-corrected chi connectivity index (χ0v) is 12.5. The van der Waals surface area contributed by atoms with Crippen LogP contribution in [0.1, 0.15) is 45.1 Å². The van der Waals surface area contributed by atoms with E-state index in [0.29, 0.717) is 6.42 Å². The maximum Gasteiger partial charge on any atom is 0.194 e. The molecule has 1 aliphatic rings. The molecular weight excluding hydrogens is 284 g/mol. The molecule has 0 saturated heterocycles. The van der Waals surface area contributed by atoms with Crippen molar-refractivity contribution in [3.8, 4) is 0 Å². The second-order valence-electron chi connectivity index (χ2n) is 5.35. The van der Waals surface area contributed by atoms with Crippen LogP contribution in [0.3, 0.4) is 0 Å². The van der Waals surface area contributed by atoms with E-state index in [1.807, 2.05) is 0 Å². The highest BCUT2D eigenvalue weighted by Crippen LogP contribution is 2.25. The Balaban J connectivity index is 0.000000211. The van der Waals surface area contributed by atoms with Gasteiger partial charge in [0.15, 0.2) is 24.3 Å². The zero-order valence-electron chi connectivity index (χ0n) is 12.5. The summed E-state index contributed by atoms with van der Waals surface area (Å²) in [5.74, 6) is -2.78. The molecule has 0 aliphatic heterocycles. The Morgan fingerprint density at radius 2 is 1.67 bits per heavy atom. The maximum atomic E-state index is 12.6. The van der Waals surface area contributed by atoms with Crippen LogP contribution in [0, 0.1) is 23.4 Å². The van der Waals surface area contributed by atoms with Crippen molar-refractivity contribution in [3.63, 3.8) is 0 Å². The molecule has 0 aromatic heterocycles. The van der Waals surface area contributed by atoms with Crippen molar-refractivity contribution in [1.29, 1.82) is 0 Å². The Morgan fingerprint density at radius 3 is 2.19 bits per heavy atom. The molecule has 1 aromatic rings. The third kappa shape index (κ3) is 5.65. The highest BCUT2D eigenvalue weighted by Gasteiger charge is 2.17. The van der Waals surface area contributed by atoms with Crippen LogP contribution in [0.5, 0.6) is 0 Å². The van der Waals surface area contributed by atoms with E-state index in [-0.39, 0.29) is 11.7 Å². The number of benzene rings is 1. The molecule has 1 nitrogen and oxygen atoms in total. The summed E-state index contributed by atoms with van der Waals surface area (Å²) in [6.45, 7) is 3.31. The van der Waals surface area contributed by atoms with E-state index in [4.69, 9.17) is 4.74 Å². The predicted molar refractivity (Wildman–Crippen MR) is 74.2 cm³/mol. The van der Waals surface area contributed by atoms with Gasteiger partial charge in [0.25, 0.3) is 0 Å². The number of hydrogen-bond acceptors (Lipinski definition) is 1. The largest absolute Gasteiger partial charge is 0.347 e. The summed E-state index contributed by atoms with van der Waals surface area (Å²) in [7, 11) is 0. The molecule has 2 rings (SSSR count). The highest BCUT2D eigenvalue weighted by molar-refractivity contribution is 5.19. The van der Waals surface area contributed by atoms with E-state index < -0.39 is 24.3 Å². The normalized spacial score (nSPS) is 21.6. The molecule has 1 aliphatic carbocycles. The van der Waals surface area contributed by atoms with Gasteiger partial charge in [0.2, 0.25) is 0 Å². The lowest BCUT2D eigenvalue weighted by Crippen LogP contribution is -2.19. The minimum atomic E-state index is -1.38. The zero-order chi connectivity index (χ0) is 15.8. The standard InChI is InChI=1S/C8H7F3.C8H15FO/c1-2-5-3-4-6(9)8(11)7(5)10;1-7-2-4-8(5-3-7)10-6-9/h3-4H,2H2,1H3;7-8H,2-6H2,1H3. The number of ether oxygens (including phenoxy) is 1. The molecule has 1 aromatic carbocycles. The first-order chi connectivity index (χ1) is 9.99. The smallest absolute Gasteiger partial charge is 0.194 e. The van der Waals surface area contributed by atoms with Crippen molar-refractivity contribution in [2.75, 3.05) is 6.86 Å². The summed E-state index contributed by atoms with van der Waals surface area (Å²) in [5, 5.41) is 0. The minimum Gasteiger partial charge on any atom is -0.347 e. The van der Waals surface area contributed by atoms with E-state index >= 15 is 0 Å². The molecular formula is C16H22F4O. The predicted octanol–water partition coefficient (Wildman–Crippen LogP) is 5.18. The summed E-state index contributed by atoms with van der Waals surface area (Å²) >= 11 is 0. The van der Waals surface area contributed by atoms with Crippen LogP contribution in [0.4, 0.5) is 17.6 Å². The van der Waals surface area contributed by atoms with Crippen molar-refractivity contribution >= 4 is 0 Å². The summed E-state index contributed by atoms with van der Waals surface area (Å²) in [5.41, 5.74) is 0.198. The molecule has 0 radical (unpaired) electrons. The molecule has 1 fully saturated rings. The van der Waals surface area contributed by atoms with Crippen LogP contribution < -0.4 is 0 Å². The minimum absolute atomic E-state index is 0.198. The number of halogens is 4. The van der Waals surface area contributed by atoms with E-state index in [1.165, 1.54) is 18.9 Å². The van der Waals surface area contributed by atoms with Crippen LogP contribution >= 0.6 is 0 Å². The van der Waals surface area contributed by atoms with Crippen LogP contribution in [-0.4, -0.2) is 13.0 Å².